The highest BCUT2D eigenvalue weighted by Gasteiger charge is 2.50. The Morgan fingerprint density at radius 3 is 2.27 bits per heavy atom. The van der Waals surface area contributed by atoms with Crippen molar-refractivity contribution in [2.75, 3.05) is 49.7 Å². The Hall–Kier alpha value is -4.39. The number of nitrogens with zero attached hydrogens (tertiary/aromatic N) is 4. The first-order valence-electron chi connectivity index (χ1n) is 23.1. The number of nitrogens with one attached hydrogen (secondary N) is 4. The smallest absolute Gasteiger partial charge is 0.481 e. The van der Waals surface area contributed by atoms with Crippen LogP contribution in [0.2, 0.25) is 15.1 Å². The van der Waals surface area contributed by atoms with E-state index < -0.39 is 96.5 Å². The number of hydrogen-bond acceptors (Lipinski definition) is 21. The monoisotopic (exact) mass is 1240 g/mol. The highest BCUT2D eigenvalue weighted by atomic mass is 35.5. The third kappa shape index (κ3) is 19.7. The topological polar surface area (TPSA) is 431 Å². The van der Waals surface area contributed by atoms with Crippen LogP contribution in [0.15, 0.2) is 49.1 Å². The molecule has 3 heterocycles. The van der Waals surface area contributed by atoms with E-state index in [0.717, 1.165) is 41.8 Å². The summed E-state index contributed by atoms with van der Waals surface area (Å²) in [5.74, 6) is -1.76. The van der Waals surface area contributed by atoms with E-state index in [1.54, 1.807) is 12.1 Å². The van der Waals surface area contributed by atoms with Crippen LogP contribution in [-0.4, -0.2) is 141 Å². The molecule has 4 aromatic rings. The number of ether oxygens (including phenoxy) is 2. The molecule has 7 atom stereocenters. The number of unbranched alkanes of at least 4 members (excludes halogenated alkanes) is 3. The Morgan fingerprint density at radius 2 is 1.58 bits per heavy atom. The Labute approximate surface area is 463 Å². The Bertz CT molecular complexity index is 2920. The SMILES string of the molecule is CC(C)(COP(=O)(O)OP(=O)(O)OCC1OC(n2cnc3c(N)ncnc32)C(O)C1OP(=O)(O)O)C(O)C(=O)NCCC(=O)NCCSC(=O)CCCCCCOc1c(Cl)cc(NC(=O)NC(=O)c2ccccc2Cl)cc1Cl. The van der Waals surface area contributed by atoms with Crippen LogP contribution in [0, 0.1) is 5.41 Å². The molecule has 1 aliphatic rings. The summed E-state index contributed by atoms with van der Waals surface area (Å²) < 4.78 is 68.2. The molecule has 430 valence electrons. The number of carbonyl (C=O) groups is 5. The molecule has 5 amide bonds. The molecule has 36 heteroatoms. The first kappa shape index (κ1) is 64.4. The van der Waals surface area contributed by atoms with Gasteiger partial charge >= 0.3 is 29.5 Å². The number of aliphatic hydroxyl groups is 2. The number of carbonyl (C=O) groups excluding carboxylic acids is 5. The number of aliphatic hydroxyl groups excluding tert-OH is 2. The molecule has 12 N–H and O–H groups in total. The minimum atomic E-state index is -5.61. The molecule has 1 saturated heterocycles. The highest BCUT2D eigenvalue weighted by molar-refractivity contribution is 8.13. The van der Waals surface area contributed by atoms with Gasteiger partial charge in [0.2, 0.25) is 11.8 Å². The lowest BCUT2D eigenvalue weighted by Gasteiger charge is -2.30. The van der Waals surface area contributed by atoms with E-state index >= 15 is 0 Å². The largest absolute Gasteiger partial charge is 0.490 e. The number of urea groups is 1. The van der Waals surface area contributed by atoms with E-state index in [-0.39, 0.29) is 86.0 Å². The number of halogens is 3. The molecule has 1 aliphatic heterocycles. The van der Waals surface area contributed by atoms with E-state index in [2.05, 4.69) is 45.1 Å². The number of fused-ring (bicyclic) bond motifs is 1. The Balaban J connectivity index is 0.917. The number of anilines is 2. The molecule has 2 aromatic carbocycles. The van der Waals surface area contributed by atoms with Crippen LogP contribution in [-0.2, 0) is 50.7 Å². The third-order valence-electron chi connectivity index (χ3n) is 10.9. The lowest BCUT2D eigenvalue weighted by molar-refractivity contribution is -0.137. The van der Waals surface area contributed by atoms with Gasteiger partial charge in [-0.3, -0.25) is 42.6 Å². The summed E-state index contributed by atoms with van der Waals surface area (Å²) in [6, 6.07) is 8.22. The second-order valence-electron chi connectivity index (χ2n) is 17.5. The molecule has 0 bridgehead atoms. The molecule has 2 aromatic heterocycles. The third-order valence-corrected chi connectivity index (χ3v) is 15.8. The van der Waals surface area contributed by atoms with Crippen LogP contribution >= 0.6 is 70.0 Å². The lowest BCUT2D eigenvalue weighted by Crippen LogP contribution is -2.46. The summed E-state index contributed by atoms with van der Waals surface area (Å²) in [4.78, 5) is 113. The van der Waals surface area contributed by atoms with Gasteiger partial charge < -0.3 is 60.9 Å². The minimum Gasteiger partial charge on any atom is -0.490 e. The highest BCUT2D eigenvalue weighted by Crippen LogP contribution is 2.61. The molecule has 78 heavy (non-hydrogen) atoms. The molecule has 1 fully saturated rings. The molecular formula is C42H55Cl3N9O20P3S. The number of nitrogens with two attached hydrogens (primary N) is 1. The first-order chi connectivity index (χ1) is 36.6. The van der Waals surface area contributed by atoms with E-state index in [0.29, 0.717) is 19.3 Å². The lowest BCUT2D eigenvalue weighted by atomic mass is 9.87. The van der Waals surface area contributed by atoms with Crippen LogP contribution in [0.5, 0.6) is 5.75 Å². The average Bonchev–Trinajstić information content (AvgIpc) is 3.98. The van der Waals surface area contributed by atoms with Crippen molar-refractivity contribution in [1.82, 2.24) is 35.5 Å². The summed E-state index contributed by atoms with van der Waals surface area (Å²) in [6.45, 7) is 0.560. The van der Waals surface area contributed by atoms with Crippen molar-refractivity contribution < 1.29 is 94.8 Å². The fourth-order valence-electron chi connectivity index (χ4n) is 7.01. The second-order valence-corrected chi connectivity index (χ2v) is 24.1. The van der Waals surface area contributed by atoms with Crippen molar-refractivity contribution >= 4 is 122 Å². The number of thioether (sulfide) groups is 1. The number of imidazole rings is 1. The maximum atomic E-state index is 12.8. The number of aromatic nitrogens is 4. The average molecular weight is 1240 g/mol. The number of imide groups is 1. The van der Waals surface area contributed by atoms with Gasteiger partial charge in [0.1, 0.15) is 36.3 Å². The summed E-state index contributed by atoms with van der Waals surface area (Å²) in [5, 5.41) is 31.6. The fourth-order valence-corrected chi connectivity index (χ4v) is 11.4. The zero-order chi connectivity index (χ0) is 57.6. The number of amides is 5. The van der Waals surface area contributed by atoms with Crippen LogP contribution in [0.25, 0.3) is 11.2 Å². The van der Waals surface area contributed by atoms with Crippen LogP contribution in [0.1, 0.15) is 69.0 Å². The van der Waals surface area contributed by atoms with Gasteiger partial charge in [0.25, 0.3) is 5.91 Å². The van der Waals surface area contributed by atoms with Gasteiger partial charge in [0, 0.05) is 42.8 Å². The van der Waals surface area contributed by atoms with Gasteiger partial charge in [-0.15, -0.1) is 0 Å². The van der Waals surface area contributed by atoms with Gasteiger partial charge in [-0.2, -0.15) is 4.31 Å². The number of phosphoric ester groups is 3. The van der Waals surface area contributed by atoms with E-state index in [1.807, 2.05) is 0 Å². The maximum absolute atomic E-state index is 12.8. The number of nitrogen functional groups attached to an aromatic ring is 1. The van der Waals surface area contributed by atoms with Gasteiger partial charge in [-0.05, 0) is 37.1 Å². The molecule has 29 nitrogen and oxygen atoms in total. The molecule has 0 aliphatic carbocycles. The zero-order valence-electron chi connectivity index (χ0n) is 41.1. The Kier molecular flexibility index (Phi) is 23.8. The van der Waals surface area contributed by atoms with Gasteiger partial charge in [0.15, 0.2) is 28.6 Å². The standard InChI is InChI=1S/C42H55Cl3N9O20P3S/c1-42(2,20-71-77(67,68)74-76(65,66)70-19-28-34(73-75(62,63)64)32(57)40(72-28)54-22-51-31-36(46)49-21-50-37(31)54)35(58)39(60)48-13-12-29(55)47-14-16-78-30(56)11-5-3-4-8-15-69-33-26(44)17-23(18-27(33)45)52-41(61)53-38(59)24-9-6-7-10-25(24)43/h6-7,9-10,17-18,21-22,28,32,34-35,40,57-58H,3-5,8,11-16,19-20H2,1-2H3,(H,47,55)(H,48,60)(H,65,66)(H,67,68)(H2,46,49,50)(H2,62,63,64)(H2,52,53,59,61). The maximum Gasteiger partial charge on any atom is 0.481 e. The van der Waals surface area contributed by atoms with Crippen LogP contribution in [0.3, 0.4) is 0 Å². The van der Waals surface area contributed by atoms with Crippen LogP contribution < -0.4 is 31.7 Å². The summed E-state index contributed by atoms with van der Waals surface area (Å²) in [5.41, 5.74) is 4.54. The normalized spacial score (nSPS) is 18.6. The van der Waals surface area contributed by atoms with Crippen molar-refractivity contribution in [1.29, 1.82) is 0 Å². The molecule has 5 rings (SSSR count). The fraction of sp³-hybridized carbons (Fsp3) is 0.476. The van der Waals surface area contributed by atoms with E-state index in [4.69, 9.17) is 59.1 Å². The molecule has 0 radical (unpaired) electrons. The summed E-state index contributed by atoms with van der Waals surface area (Å²) >= 11 is 19.7. The van der Waals surface area contributed by atoms with Crippen molar-refractivity contribution in [2.45, 2.75) is 83.0 Å². The Morgan fingerprint density at radius 1 is 0.897 bits per heavy atom. The zero-order valence-corrected chi connectivity index (χ0v) is 46.9. The predicted octanol–water partition coefficient (Wildman–Crippen LogP) is 4.62. The molecule has 0 spiro atoms. The molecular weight excluding hydrogens is 1180 g/mol. The summed E-state index contributed by atoms with van der Waals surface area (Å²) in [7, 11) is -16.5. The quantitative estimate of drug-likeness (QED) is 0.0261. The van der Waals surface area contributed by atoms with Gasteiger partial charge in [0.05, 0.1) is 46.8 Å². The number of rotatable bonds is 29. The van der Waals surface area contributed by atoms with Crippen molar-refractivity contribution in [3.63, 3.8) is 0 Å². The number of hydrogen-bond donors (Lipinski definition) is 11. The van der Waals surface area contributed by atoms with Gasteiger partial charge in [-0.1, -0.05) is 85.4 Å². The number of phosphoric acid groups is 3. The predicted molar refractivity (Wildman–Crippen MR) is 280 cm³/mol. The number of benzene rings is 2. The van der Waals surface area contributed by atoms with Gasteiger partial charge in [-0.25, -0.2) is 33.4 Å². The van der Waals surface area contributed by atoms with Crippen molar-refractivity contribution in [3.05, 3.63) is 69.7 Å². The molecule has 7 unspecified atom stereocenters. The first-order valence-corrected chi connectivity index (χ1v) is 29.7. The molecule has 0 saturated carbocycles. The van der Waals surface area contributed by atoms with Crippen LogP contribution in [0.4, 0.5) is 16.3 Å². The summed E-state index contributed by atoms with van der Waals surface area (Å²) in [6.07, 6.45) is -4.14. The minimum absolute atomic E-state index is 0.0158. The van der Waals surface area contributed by atoms with E-state index in [1.165, 1.54) is 38.1 Å². The second kappa shape index (κ2) is 28.8. The van der Waals surface area contributed by atoms with Crippen molar-refractivity contribution in [2.24, 2.45) is 5.41 Å². The van der Waals surface area contributed by atoms with E-state index in [9.17, 15) is 67.5 Å². The van der Waals surface area contributed by atoms with Crippen molar-refractivity contribution in [3.8, 4) is 5.75 Å².